The van der Waals surface area contributed by atoms with E-state index in [1.807, 2.05) is 24.3 Å². The highest BCUT2D eigenvalue weighted by Gasteiger charge is 2.12. The lowest BCUT2D eigenvalue weighted by atomic mass is 10.1. The number of sulfonamides is 1. The summed E-state index contributed by atoms with van der Waals surface area (Å²) in [7, 11) is -2.17. The number of hydrogen-bond acceptors (Lipinski definition) is 6. The number of fused-ring (bicyclic) bond motifs is 1. The maximum atomic E-state index is 11.2. The van der Waals surface area contributed by atoms with Crippen LogP contribution in [0.2, 0.25) is 0 Å². The molecule has 0 radical (unpaired) electrons. The van der Waals surface area contributed by atoms with Gasteiger partial charge in [0, 0.05) is 18.0 Å². The molecular formula is C19H21N3O5S. The van der Waals surface area contributed by atoms with Crippen LogP contribution in [0.15, 0.2) is 59.5 Å². The van der Waals surface area contributed by atoms with E-state index in [1.54, 1.807) is 12.1 Å². The minimum Gasteiger partial charge on any atom is -0.508 e. The van der Waals surface area contributed by atoms with Crippen molar-refractivity contribution in [2.75, 3.05) is 18.1 Å². The average molecular weight is 403 g/mol. The first kappa shape index (κ1) is 21.0. The number of nitrogen functional groups attached to an aromatic ring is 1. The number of carbonyl (C=O) groups excluding carboxylic acids is 1. The number of aromatic hydroxyl groups is 2. The Morgan fingerprint density at radius 3 is 2.36 bits per heavy atom. The van der Waals surface area contributed by atoms with E-state index in [0.717, 1.165) is 16.5 Å². The summed E-state index contributed by atoms with van der Waals surface area (Å²) < 4.78 is 24.6. The van der Waals surface area contributed by atoms with Gasteiger partial charge in [0.1, 0.15) is 11.5 Å². The number of nitrogens with one attached hydrogen (secondary N) is 2. The maximum absolute atomic E-state index is 11.2. The molecule has 3 rings (SSSR count). The summed E-state index contributed by atoms with van der Waals surface area (Å²) in [6.45, 7) is 1.46. The van der Waals surface area contributed by atoms with Crippen molar-refractivity contribution < 1.29 is 23.4 Å². The third kappa shape index (κ3) is 5.12. The molecule has 0 saturated heterocycles. The Morgan fingerprint density at radius 2 is 1.75 bits per heavy atom. The van der Waals surface area contributed by atoms with Crippen LogP contribution in [-0.4, -0.2) is 31.6 Å². The normalized spacial score (nSPS) is 10.8. The number of rotatable bonds is 3. The van der Waals surface area contributed by atoms with E-state index in [4.69, 9.17) is 10.8 Å². The van der Waals surface area contributed by atoms with Crippen LogP contribution in [0, 0.1) is 0 Å². The fourth-order valence-corrected chi connectivity index (χ4v) is 3.14. The lowest BCUT2D eigenvalue weighted by Crippen LogP contribution is -2.18. The summed E-state index contributed by atoms with van der Waals surface area (Å²) in [6, 6.07) is 14.4. The highest BCUT2D eigenvalue weighted by molar-refractivity contribution is 7.89. The van der Waals surface area contributed by atoms with Crippen molar-refractivity contribution in [3.8, 4) is 11.5 Å². The molecule has 9 heteroatoms. The summed E-state index contributed by atoms with van der Waals surface area (Å²) >= 11 is 0. The van der Waals surface area contributed by atoms with Gasteiger partial charge in [-0.2, -0.15) is 0 Å². The van der Waals surface area contributed by atoms with Crippen molar-refractivity contribution in [1.82, 2.24) is 4.72 Å². The maximum Gasteiger partial charge on any atom is 0.240 e. The van der Waals surface area contributed by atoms with E-state index in [9.17, 15) is 18.3 Å². The first-order valence-electron chi connectivity index (χ1n) is 8.15. The van der Waals surface area contributed by atoms with Gasteiger partial charge < -0.3 is 21.3 Å². The summed E-state index contributed by atoms with van der Waals surface area (Å²) in [6.07, 6.45) is 0. The van der Waals surface area contributed by atoms with Gasteiger partial charge in [-0.3, -0.25) is 4.79 Å². The van der Waals surface area contributed by atoms with Gasteiger partial charge in [-0.05, 0) is 48.8 Å². The topological polar surface area (TPSA) is 142 Å². The minimum absolute atomic E-state index is 0.0327. The highest BCUT2D eigenvalue weighted by atomic mass is 32.2. The Labute approximate surface area is 162 Å². The van der Waals surface area contributed by atoms with Crippen LogP contribution in [0.5, 0.6) is 11.5 Å². The molecule has 0 aromatic heterocycles. The van der Waals surface area contributed by atoms with Crippen molar-refractivity contribution in [2.45, 2.75) is 11.8 Å². The highest BCUT2D eigenvalue weighted by Crippen LogP contribution is 2.26. The summed E-state index contributed by atoms with van der Waals surface area (Å²) in [4.78, 5) is 11.0. The molecule has 0 fully saturated rings. The van der Waals surface area contributed by atoms with Gasteiger partial charge in [0.05, 0.1) is 10.6 Å². The second-order valence-electron chi connectivity index (χ2n) is 5.82. The summed E-state index contributed by atoms with van der Waals surface area (Å²) in [5.74, 6) is -0.0544. The standard InChI is InChI=1S/C12H11NO2.C7H10N2O3S/c1-8(14)13-12-4-2-3-9-5-6-10(15)7-11(9)12;1-9-13(11,12)5-2-3-7(10)6(8)4-5/h2-7,15H,1H3,(H,13,14);2-4,9-10H,8H2,1H3. The van der Waals surface area contributed by atoms with Gasteiger partial charge in [-0.25, -0.2) is 13.1 Å². The average Bonchev–Trinajstić information content (AvgIpc) is 2.64. The Morgan fingerprint density at radius 1 is 1.04 bits per heavy atom. The third-order valence-corrected chi connectivity index (χ3v) is 5.17. The third-order valence-electron chi connectivity index (χ3n) is 3.75. The predicted octanol–water partition coefficient (Wildman–Crippen LogP) is 2.39. The second kappa shape index (κ2) is 8.59. The van der Waals surface area contributed by atoms with E-state index in [1.165, 1.54) is 32.2 Å². The van der Waals surface area contributed by atoms with Gasteiger partial charge in [-0.15, -0.1) is 0 Å². The van der Waals surface area contributed by atoms with Crippen LogP contribution in [0.4, 0.5) is 11.4 Å². The van der Waals surface area contributed by atoms with E-state index >= 15 is 0 Å². The predicted molar refractivity (Wildman–Crippen MR) is 109 cm³/mol. The number of nitrogens with two attached hydrogens (primary N) is 1. The molecular weight excluding hydrogens is 382 g/mol. The number of anilines is 2. The molecule has 0 unspecified atom stereocenters. The molecule has 0 saturated carbocycles. The van der Waals surface area contributed by atoms with E-state index in [0.29, 0.717) is 0 Å². The van der Waals surface area contributed by atoms with Gasteiger partial charge in [0.15, 0.2) is 0 Å². The van der Waals surface area contributed by atoms with Crippen molar-refractivity contribution in [3.05, 3.63) is 54.6 Å². The van der Waals surface area contributed by atoms with E-state index in [2.05, 4.69) is 10.0 Å². The van der Waals surface area contributed by atoms with E-state index < -0.39 is 10.0 Å². The molecule has 28 heavy (non-hydrogen) atoms. The lowest BCUT2D eigenvalue weighted by molar-refractivity contribution is -0.114. The number of carbonyl (C=O) groups is 1. The quantitative estimate of drug-likeness (QED) is 0.336. The zero-order chi connectivity index (χ0) is 20.9. The van der Waals surface area contributed by atoms with Crippen LogP contribution in [0.25, 0.3) is 10.8 Å². The summed E-state index contributed by atoms with van der Waals surface area (Å²) in [5.41, 5.74) is 6.09. The molecule has 0 spiro atoms. The molecule has 0 aliphatic carbocycles. The number of benzene rings is 3. The van der Waals surface area contributed by atoms with Gasteiger partial charge in [0.25, 0.3) is 0 Å². The Kier molecular flexibility index (Phi) is 6.45. The Hall–Kier alpha value is -3.30. The second-order valence-corrected chi connectivity index (χ2v) is 7.71. The Balaban J connectivity index is 0.000000203. The van der Waals surface area contributed by atoms with E-state index in [-0.39, 0.29) is 28.0 Å². The molecule has 1 amide bonds. The minimum atomic E-state index is -3.48. The number of hydrogen-bond donors (Lipinski definition) is 5. The van der Waals surface area contributed by atoms with Gasteiger partial charge >= 0.3 is 0 Å². The zero-order valence-corrected chi connectivity index (χ0v) is 16.1. The van der Waals surface area contributed by atoms with Crippen LogP contribution < -0.4 is 15.8 Å². The molecule has 148 valence electrons. The van der Waals surface area contributed by atoms with Gasteiger partial charge in [0.2, 0.25) is 15.9 Å². The molecule has 6 N–H and O–H groups in total. The lowest BCUT2D eigenvalue weighted by Gasteiger charge is -2.06. The molecule has 0 heterocycles. The number of phenolic OH excluding ortho intramolecular Hbond substituents is 2. The largest absolute Gasteiger partial charge is 0.508 e. The van der Waals surface area contributed by atoms with Crippen molar-refractivity contribution >= 4 is 38.1 Å². The monoisotopic (exact) mass is 403 g/mol. The smallest absolute Gasteiger partial charge is 0.240 e. The van der Waals surface area contributed by atoms with Crippen LogP contribution in [0.3, 0.4) is 0 Å². The molecule has 3 aromatic carbocycles. The van der Waals surface area contributed by atoms with Crippen LogP contribution >= 0.6 is 0 Å². The number of phenols is 2. The zero-order valence-electron chi connectivity index (χ0n) is 15.3. The van der Waals surface area contributed by atoms with Crippen LogP contribution in [-0.2, 0) is 14.8 Å². The Bertz CT molecular complexity index is 1110. The molecule has 3 aromatic rings. The molecule has 0 aliphatic heterocycles. The SMILES string of the molecule is CC(=O)Nc1cccc2ccc(O)cc12.CNS(=O)(=O)c1ccc(O)c(N)c1. The molecule has 0 atom stereocenters. The van der Waals surface area contributed by atoms with Crippen LogP contribution in [0.1, 0.15) is 6.92 Å². The number of amides is 1. The molecule has 0 bridgehead atoms. The fourth-order valence-electron chi connectivity index (χ4n) is 2.38. The fraction of sp³-hybridized carbons (Fsp3) is 0.105. The van der Waals surface area contributed by atoms with Crippen molar-refractivity contribution in [1.29, 1.82) is 0 Å². The summed E-state index contributed by atoms with van der Waals surface area (Å²) in [5, 5.41) is 23.0. The molecule has 8 nitrogen and oxygen atoms in total. The van der Waals surface area contributed by atoms with Crippen molar-refractivity contribution in [3.63, 3.8) is 0 Å². The van der Waals surface area contributed by atoms with Gasteiger partial charge in [-0.1, -0.05) is 18.2 Å². The molecule has 0 aliphatic rings. The first-order valence-corrected chi connectivity index (χ1v) is 9.63. The first-order chi connectivity index (χ1) is 13.1. The van der Waals surface area contributed by atoms with Crippen molar-refractivity contribution in [2.24, 2.45) is 0 Å².